The Bertz CT molecular complexity index is 366. The van der Waals surface area contributed by atoms with Crippen molar-refractivity contribution < 1.29 is 9.84 Å². The second kappa shape index (κ2) is 7.27. The van der Waals surface area contributed by atoms with Gasteiger partial charge in [-0.25, -0.2) is 0 Å². The van der Waals surface area contributed by atoms with Gasteiger partial charge < -0.3 is 15.2 Å². The molecule has 0 saturated heterocycles. The van der Waals surface area contributed by atoms with E-state index < -0.39 is 0 Å². The van der Waals surface area contributed by atoms with E-state index in [4.69, 9.17) is 4.74 Å². The summed E-state index contributed by atoms with van der Waals surface area (Å²) in [6.45, 7) is 7.47. The van der Waals surface area contributed by atoms with Crippen molar-refractivity contribution in [2.75, 3.05) is 7.11 Å². The molecule has 0 saturated carbocycles. The van der Waals surface area contributed by atoms with E-state index in [-0.39, 0.29) is 5.75 Å². The minimum absolute atomic E-state index is 0.200. The highest BCUT2D eigenvalue weighted by Gasteiger charge is 2.07. The first-order chi connectivity index (χ1) is 8.56. The summed E-state index contributed by atoms with van der Waals surface area (Å²) in [5, 5.41) is 13.2. The van der Waals surface area contributed by atoms with Crippen LogP contribution in [0.15, 0.2) is 18.2 Å². The molecule has 0 aliphatic carbocycles. The Labute approximate surface area is 110 Å². The van der Waals surface area contributed by atoms with E-state index in [0.29, 0.717) is 11.8 Å². The molecule has 3 heteroatoms. The van der Waals surface area contributed by atoms with Gasteiger partial charge in [0.2, 0.25) is 0 Å². The number of hydrogen-bond donors (Lipinski definition) is 2. The standard InChI is InChI=1S/C15H25NO2/c1-5-11(2)8-12(3)16-10-13-6-7-15(18-4)14(17)9-13/h6-7,9,11-12,16-17H,5,8,10H2,1-4H3. The summed E-state index contributed by atoms with van der Waals surface area (Å²) in [6.07, 6.45) is 2.40. The van der Waals surface area contributed by atoms with Crippen LogP contribution < -0.4 is 10.1 Å². The maximum absolute atomic E-state index is 9.69. The highest BCUT2D eigenvalue weighted by Crippen LogP contribution is 2.26. The third-order valence-corrected chi connectivity index (χ3v) is 3.35. The van der Waals surface area contributed by atoms with Gasteiger partial charge in [0, 0.05) is 12.6 Å². The first kappa shape index (κ1) is 14.8. The molecule has 0 heterocycles. The van der Waals surface area contributed by atoms with Gasteiger partial charge >= 0.3 is 0 Å². The average molecular weight is 251 g/mol. The van der Waals surface area contributed by atoms with Gasteiger partial charge in [-0.15, -0.1) is 0 Å². The molecule has 1 rings (SSSR count). The van der Waals surface area contributed by atoms with Crippen molar-refractivity contribution in [2.45, 2.75) is 46.2 Å². The first-order valence-corrected chi connectivity index (χ1v) is 6.66. The summed E-state index contributed by atoms with van der Waals surface area (Å²) in [4.78, 5) is 0. The number of hydrogen-bond acceptors (Lipinski definition) is 3. The van der Waals surface area contributed by atoms with Crippen molar-refractivity contribution in [3.05, 3.63) is 23.8 Å². The topological polar surface area (TPSA) is 41.5 Å². The second-order valence-electron chi connectivity index (χ2n) is 5.04. The lowest BCUT2D eigenvalue weighted by atomic mass is 10.0. The van der Waals surface area contributed by atoms with Crippen molar-refractivity contribution in [3.8, 4) is 11.5 Å². The van der Waals surface area contributed by atoms with E-state index in [1.807, 2.05) is 6.07 Å². The maximum Gasteiger partial charge on any atom is 0.160 e. The molecule has 18 heavy (non-hydrogen) atoms. The van der Waals surface area contributed by atoms with Gasteiger partial charge in [0.1, 0.15) is 0 Å². The summed E-state index contributed by atoms with van der Waals surface area (Å²) < 4.78 is 5.02. The SMILES string of the molecule is CCC(C)CC(C)NCc1ccc(OC)c(O)c1. The van der Waals surface area contributed by atoms with Crippen molar-refractivity contribution in [3.63, 3.8) is 0 Å². The fourth-order valence-corrected chi connectivity index (χ4v) is 1.99. The van der Waals surface area contributed by atoms with Crippen molar-refractivity contribution in [1.82, 2.24) is 5.32 Å². The number of aromatic hydroxyl groups is 1. The normalized spacial score (nSPS) is 14.2. The quantitative estimate of drug-likeness (QED) is 0.781. The van der Waals surface area contributed by atoms with Gasteiger partial charge in [-0.1, -0.05) is 26.3 Å². The molecule has 0 amide bonds. The lowest BCUT2D eigenvalue weighted by Gasteiger charge is -2.17. The van der Waals surface area contributed by atoms with Crippen LogP contribution in [-0.2, 0) is 6.54 Å². The molecule has 2 N–H and O–H groups in total. The summed E-state index contributed by atoms with van der Waals surface area (Å²) in [7, 11) is 1.56. The van der Waals surface area contributed by atoms with Gasteiger partial charge in [0.05, 0.1) is 7.11 Å². The van der Waals surface area contributed by atoms with Crippen LogP contribution in [0, 0.1) is 5.92 Å². The monoisotopic (exact) mass is 251 g/mol. The van der Waals surface area contributed by atoms with E-state index in [1.165, 1.54) is 12.8 Å². The summed E-state index contributed by atoms with van der Waals surface area (Å²) in [6, 6.07) is 6.01. The summed E-state index contributed by atoms with van der Waals surface area (Å²) >= 11 is 0. The van der Waals surface area contributed by atoms with E-state index in [2.05, 4.69) is 26.1 Å². The van der Waals surface area contributed by atoms with Gasteiger partial charge in [-0.3, -0.25) is 0 Å². The predicted molar refractivity (Wildman–Crippen MR) is 75.0 cm³/mol. The first-order valence-electron chi connectivity index (χ1n) is 6.66. The second-order valence-corrected chi connectivity index (χ2v) is 5.04. The molecule has 1 aromatic rings. The maximum atomic E-state index is 9.69. The van der Waals surface area contributed by atoms with Crippen molar-refractivity contribution in [1.29, 1.82) is 0 Å². The third-order valence-electron chi connectivity index (χ3n) is 3.35. The molecule has 0 aliphatic heterocycles. The third kappa shape index (κ3) is 4.57. The molecular formula is C15H25NO2. The Morgan fingerprint density at radius 1 is 1.33 bits per heavy atom. The van der Waals surface area contributed by atoms with Crippen LogP contribution in [0.3, 0.4) is 0 Å². The molecule has 0 fully saturated rings. The zero-order chi connectivity index (χ0) is 13.5. The Balaban J connectivity index is 2.46. The molecule has 0 aromatic heterocycles. The fourth-order valence-electron chi connectivity index (χ4n) is 1.99. The number of nitrogens with one attached hydrogen (secondary N) is 1. The van der Waals surface area contributed by atoms with Crippen molar-refractivity contribution in [2.24, 2.45) is 5.92 Å². The fraction of sp³-hybridized carbons (Fsp3) is 0.600. The summed E-state index contributed by atoms with van der Waals surface area (Å²) in [5.74, 6) is 1.47. The zero-order valence-corrected chi connectivity index (χ0v) is 11.9. The Morgan fingerprint density at radius 3 is 2.61 bits per heavy atom. The van der Waals surface area contributed by atoms with Crippen LogP contribution in [0.25, 0.3) is 0 Å². The van der Waals surface area contributed by atoms with Crippen LogP contribution in [0.4, 0.5) is 0 Å². The van der Waals surface area contributed by atoms with E-state index >= 15 is 0 Å². The van der Waals surface area contributed by atoms with Crippen LogP contribution in [0.1, 0.15) is 39.2 Å². The van der Waals surface area contributed by atoms with Crippen LogP contribution in [0.5, 0.6) is 11.5 Å². The van der Waals surface area contributed by atoms with E-state index in [0.717, 1.165) is 18.0 Å². The number of benzene rings is 1. The molecule has 1 aromatic carbocycles. The Morgan fingerprint density at radius 2 is 2.06 bits per heavy atom. The molecule has 0 bridgehead atoms. The number of phenols is 1. The van der Waals surface area contributed by atoms with Crippen LogP contribution in [-0.4, -0.2) is 18.3 Å². The number of methoxy groups -OCH3 is 1. The predicted octanol–water partition coefficient (Wildman–Crippen LogP) is 3.32. The minimum atomic E-state index is 0.200. The molecule has 0 radical (unpaired) electrons. The van der Waals surface area contributed by atoms with Gasteiger partial charge in [-0.2, -0.15) is 0 Å². The minimum Gasteiger partial charge on any atom is -0.504 e. The number of phenolic OH excluding ortho intramolecular Hbond substituents is 1. The summed E-state index contributed by atoms with van der Waals surface area (Å²) in [5.41, 5.74) is 1.07. The largest absolute Gasteiger partial charge is 0.504 e. The van der Waals surface area contributed by atoms with Crippen molar-refractivity contribution >= 4 is 0 Å². The van der Waals surface area contributed by atoms with Crippen LogP contribution >= 0.6 is 0 Å². The smallest absolute Gasteiger partial charge is 0.160 e. The number of ether oxygens (including phenoxy) is 1. The lowest BCUT2D eigenvalue weighted by Crippen LogP contribution is -2.27. The molecule has 0 aliphatic rings. The zero-order valence-electron chi connectivity index (χ0n) is 11.9. The number of rotatable bonds is 7. The lowest BCUT2D eigenvalue weighted by molar-refractivity contribution is 0.372. The Kier molecular flexibility index (Phi) is 5.99. The highest BCUT2D eigenvalue weighted by molar-refractivity contribution is 5.41. The molecular weight excluding hydrogens is 226 g/mol. The molecule has 102 valence electrons. The molecule has 2 atom stereocenters. The highest BCUT2D eigenvalue weighted by atomic mass is 16.5. The van der Waals surface area contributed by atoms with Gasteiger partial charge in [0.15, 0.2) is 11.5 Å². The van der Waals surface area contributed by atoms with E-state index in [1.54, 1.807) is 19.2 Å². The molecule has 0 spiro atoms. The van der Waals surface area contributed by atoms with Crippen LogP contribution in [0.2, 0.25) is 0 Å². The average Bonchev–Trinajstić information content (AvgIpc) is 2.36. The van der Waals surface area contributed by atoms with Gasteiger partial charge in [0.25, 0.3) is 0 Å². The van der Waals surface area contributed by atoms with Gasteiger partial charge in [-0.05, 0) is 37.0 Å². The molecule has 3 nitrogen and oxygen atoms in total. The van der Waals surface area contributed by atoms with E-state index in [9.17, 15) is 5.11 Å². The Hall–Kier alpha value is -1.22. The molecule has 2 unspecified atom stereocenters.